The van der Waals surface area contributed by atoms with Crippen LogP contribution in [0.15, 0.2) is 36.7 Å². The van der Waals surface area contributed by atoms with Crippen LogP contribution < -0.4 is 15.4 Å². The Morgan fingerprint density at radius 1 is 1.21 bits per heavy atom. The number of hydrogen-bond acceptors (Lipinski definition) is 5. The zero-order valence-corrected chi connectivity index (χ0v) is 11.2. The fourth-order valence-electron chi connectivity index (χ4n) is 1.99. The third-order valence-electron chi connectivity index (χ3n) is 2.91. The predicted molar refractivity (Wildman–Crippen MR) is 75.0 cm³/mol. The number of aromatic nitrogens is 2. The molecule has 100 valence electrons. The first-order chi connectivity index (χ1) is 9.26. The van der Waals surface area contributed by atoms with Gasteiger partial charge in [-0.25, -0.2) is 4.98 Å². The van der Waals surface area contributed by atoms with Gasteiger partial charge >= 0.3 is 0 Å². The highest BCUT2D eigenvalue weighted by atomic mass is 16.5. The second kappa shape index (κ2) is 6.15. The van der Waals surface area contributed by atoms with Crippen LogP contribution in [-0.2, 0) is 13.1 Å². The van der Waals surface area contributed by atoms with E-state index in [1.807, 2.05) is 36.2 Å². The first-order valence-electron chi connectivity index (χ1n) is 6.09. The molecule has 0 aliphatic heterocycles. The van der Waals surface area contributed by atoms with E-state index in [-0.39, 0.29) is 0 Å². The summed E-state index contributed by atoms with van der Waals surface area (Å²) in [4.78, 5) is 10.6. The maximum Gasteiger partial charge on any atom is 0.151 e. The van der Waals surface area contributed by atoms with Gasteiger partial charge in [0.05, 0.1) is 12.8 Å². The van der Waals surface area contributed by atoms with E-state index >= 15 is 0 Å². The molecule has 2 aromatic rings. The van der Waals surface area contributed by atoms with E-state index in [0.717, 1.165) is 22.8 Å². The van der Waals surface area contributed by atoms with Gasteiger partial charge in [-0.3, -0.25) is 4.98 Å². The highest BCUT2D eigenvalue weighted by Gasteiger charge is 2.11. The van der Waals surface area contributed by atoms with Gasteiger partial charge in [0.25, 0.3) is 0 Å². The van der Waals surface area contributed by atoms with Crippen molar-refractivity contribution in [3.63, 3.8) is 0 Å². The second-order valence-electron chi connectivity index (χ2n) is 4.20. The molecule has 1 aromatic heterocycles. The lowest BCUT2D eigenvalue weighted by molar-refractivity contribution is 0.409. The van der Waals surface area contributed by atoms with Crippen LogP contribution >= 0.6 is 0 Å². The third kappa shape index (κ3) is 3.00. The van der Waals surface area contributed by atoms with E-state index in [1.165, 1.54) is 0 Å². The van der Waals surface area contributed by atoms with Gasteiger partial charge in [0.1, 0.15) is 5.75 Å². The lowest BCUT2D eigenvalue weighted by Gasteiger charge is -2.21. The molecule has 0 amide bonds. The van der Waals surface area contributed by atoms with Crippen LogP contribution in [0.4, 0.5) is 5.82 Å². The SMILES string of the molecule is COc1ccccc1CN(C)c1nccnc1CN. The Bertz CT molecular complexity index is 544. The summed E-state index contributed by atoms with van der Waals surface area (Å²) >= 11 is 0. The van der Waals surface area contributed by atoms with Crippen molar-refractivity contribution in [1.29, 1.82) is 0 Å². The quantitative estimate of drug-likeness (QED) is 0.882. The van der Waals surface area contributed by atoms with Gasteiger partial charge in [0, 0.05) is 38.1 Å². The van der Waals surface area contributed by atoms with Gasteiger partial charge in [-0.2, -0.15) is 0 Å². The van der Waals surface area contributed by atoms with E-state index in [4.69, 9.17) is 10.5 Å². The van der Waals surface area contributed by atoms with Crippen LogP contribution in [0.1, 0.15) is 11.3 Å². The minimum atomic E-state index is 0.374. The summed E-state index contributed by atoms with van der Waals surface area (Å²) in [5, 5.41) is 0. The Labute approximate surface area is 113 Å². The Hall–Kier alpha value is -2.14. The van der Waals surface area contributed by atoms with E-state index < -0.39 is 0 Å². The number of anilines is 1. The normalized spacial score (nSPS) is 10.3. The van der Waals surface area contributed by atoms with E-state index in [2.05, 4.69) is 9.97 Å². The lowest BCUT2D eigenvalue weighted by Crippen LogP contribution is -2.21. The molecule has 1 heterocycles. The van der Waals surface area contributed by atoms with Crippen LogP contribution in [-0.4, -0.2) is 24.1 Å². The average Bonchev–Trinajstić information content (AvgIpc) is 2.47. The summed E-state index contributed by atoms with van der Waals surface area (Å²) in [6.45, 7) is 1.06. The van der Waals surface area contributed by atoms with Gasteiger partial charge in [0.15, 0.2) is 5.82 Å². The number of rotatable bonds is 5. The summed E-state index contributed by atoms with van der Waals surface area (Å²) < 4.78 is 5.35. The smallest absolute Gasteiger partial charge is 0.151 e. The molecule has 0 spiro atoms. The largest absolute Gasteiger partial charge is 0.496 e. The Morgan fingerprint density at radius 2 is 1.95 bits per heavy atom. The first kappa shape index (κ1) is 13.3. The molecule has 2 N–H and O–H groups in total. The fourth-order valence-corrected chi connectivity index (χ4v) is 1.99. The molecule has 1 aromatic carbocycles. The topological polar surface area (TPSA) is 64.3 Å². The van der Waals surface area contributed by atoms with Crippen molar-refractivity contribution in [3.05, 3.63) is 47.9 Å². The number of methoxy groups -OCH3 is 1. The molecule has 0 aliphatic rings. The summed E-state index contributed by atoms with van der Waals surface area (Å²) in [6.07, 6.45) is 3.33. The zero-order chi connectivity index (χ0) is 13.7. The first-order valence-corrected chi connectivity index (χ1v) is 6.09. The minimum absolute atomic E-state index is 0.374. The molecule has 0 fully saturated rings. The fraction of sp³-hybridized carbons (Fsp3) is 0.286. The Kier molecular flexibility index (Phi) is 4.30. The van der Waals surface area contributed by atoms with Gasteiger partial charge in [-0.15, -0.1) is 0 Å². The number of ether oxygens (including phenoxy) is 1. The molecular weight excluding hydrogens is 240 g/mol. The summed E-state index contributed by atoms with van der Waals surface area (Å²) in [5.74, 6) is 1.67. The molecule has 0 saturated carbocycles. The summed E-state index contributed by atoms with van der Waals surface area (Å²) in [6, 6.07) is 7.93. The maximum atomic E-state index is 5.68. The third-order valence-corrected chi connectivity index (χ3v) is 2.91. The number of para-hydroxylation sites is 1. The van der Waals surface area contributed by atoms with Crippen molar-refractivity contribution in [2.24, 2.45) is 5.73 Å². The molecule has 0 radical (unpaired) electrons. The van der Waals surface area contributed by atoms with Crippen molar-refractivity contribution in [1.82, 2.24) is 9.97 Å². The van der Waals surface area contributed by atoms with Crippen molar-refractivity contribution in [3.8, 4) is 5.75 Å². The molecular formula is C14H18N4O. The van der Waals surface area contributed by atoms with Gasteiger partial charge < -0.3 is 15.4 Å². The van der Waals surface area contributed by atoms with Crippen molar-refractivity contribution in [2.75, 3.05) is 19.1 Å². The van der Waals surface area contributed by atoms with E-state index in [0.29, 0.717) is 13.1 Å². The van der Waals surface area contributed by atoms with Gasteiger partial charge in [-0.05, 0) is 6.07 Å². The molecule has 5 nitrogen and oxygen atoms in total. The molecule has 19 heavy (non-hydrogen) atoms. The molecule has 5 heteroatoms. The molecule has 0 unspecified atom stereocenters. The van der Waals surface area contributed by atoms with Gasteiger partial charge in [0.2, 0.25) is 0 Å². The average molecular weight is 258 g/mol. The molecule has 2 rings (SSSR count). The Balaban J connectivity index is 2.23. The van der Waals surface area contributed by atoms with Crippen LogP contribution in [0, 0.1) is 0 Å². The summed E-state index contributed by atoms with van der Waals surface area (Å²) in [7, 11) is 3.64. The highest BCUT2D eigenvalue weighted by Crippen LogP contribution is 2.22. The van der Waals surface area contributed by atoms with Gasteiger partial charge in [-0.1, -0.05) is 18.2 Å². The van der Waals surface area contributed by atoms with Crippen LogP contribution in [0.2, 0.25) is 0 Å². The monoisotopic (exact) mass is 258 g/mol. The van der Waals surface area contributed by atoms with E-state index in [9.17, 15) is 0 Å². The number of nitrogens with zero attached hydrogens (tertiary/aromatic N) is 3. The van der Waals surface area contributed by atoms with E-state index in [1.54, 1.807) is 19.5 Å². The Morgan fingerprint density at radius 3 is 2.68 bits per heavy atom. The molecule has 0 atom stereocenters. The van der Waals surface area contributed by atoms with Crippen LogP contribution in [0.5, 0.6) is 5.75 Å². The maximum absolute atomic E-state index is 5.68. The summed E-state index contributed by atoms with van der Waals surface area (Å²) in [5.41, 5.74) is 7.57. The van der Waals surface area contributed by atoms with Crippen molar-refractivity contribution in [2.45, 2.75) is 13.1 Å². The second-order valence-corrected chi connectivity index (χ2v) is 4.20. The van der Waals surface area contributed by atoms with Crippen molar-refractivity contribution >= 4 is 5.82 Å². The lowest BCUT2D eigenvalue weighted by atomic mass is 10.2. The van der Waals surface area contributed by atoms with Crippen LogP contribution in [0.25, 0.3) is 0 Å². The standard InChI is InChI=1S/C14H18N4O/c1-18(14-12(9-15)16-7-8-17-14)10-11-5-3-4-6-13(11)19-2/h3-8H,9-10,15H2,1-2H3. The zero-order valence-electron chi connectivity index (χ0n) is 11.2. The number of hydrogen-bond donors (Lipinski definition) is 1. The van der Waals surface area contributed by atoms with Crippen LogP contribution in [0.3, 0.4) is 0 Å². The molecule has 0 saturated heterocycles. The number of benzene rings is 1. The highest BCUT2D eigenvalue weighted by molar-refractivity contribution is 5.45. The minimum Gasteiger partial charge on any atom is -0.496 e. The number of nitrogens with two attached hydrogens (primary N) is 1. The molecule has 0 aliphatic carbocycles. The predicted octanol–water partition coefficient (Wildman–Crippen LogP) is 1.58. The molecule has 0 bridgehead atoms. The van der Waals surface area contributed by atoms with Crippen molar-refractivity contribution < 1.29 is 4.74 Å².